The Bertz CT molecular complexity index is 4990. The molecule has 15 aromatic rings. The topological polar surface area (TPSA) is 61.4 Å². The van der Waals surface area contributed by atoms with E-state index in [1.54, 1.807) is 0 Å². The molecule has 0 atom stereocenters. The highest BCUT2D eigenvalue weighted by Crippen LogP contribution is 2.50. The molecule has 0 saturated carbocycles. The Morgan fingerprint density at radius 1 is 0.325 bits per heavy atom. The van der Waals surface area contributed by atoms with Crippen molar-refractivity contribution in [3.8, 4) is 45.5 Å². The lowest BCUT2D eigenvalue weighted by Crippen LogP contribution is -2.19. The second kappa shape index (κ2) is 16.5. The molecular weight excluding hydrogens is 937 g/mol. The maximum absolute atomic E-state index is 5.62. The van der Waals surface area contributed by atoms with Gasteiger partial charge in [0.1, 0.15) is 0 Å². The van der Waals surface area contributed by atoms with Crippen molar-refractivity contribution in [1.82, 2.24) is 29.1 Å². The molecule has 0 spiro atoms. The van der Waals surface area contributed by atoms with Crippen molar-refractivity contribution in [3.05, 3.63) is 253 Å². The van der Waals surface area contributed by atoms with E-state index in [0.717, 1.165) is 99.4 Å². The number of rotatable bonds is 6. The summed E-state index contributed by atoms with van der Waals surface area (Å²) in [5.41, 5.74) is 15.5. The summed E-state index contributed by atoms with van der Waals surface area (Å²) in [5.74, 6) is 1.28. The van der Waals surface area contributed by atoms with E-state index in [1.165, 1.54) is 43.5 Å². The Kier molecular flexibility index (Phi) is 9.28. The van der Waals surface area contributed by atoms with E-state index < -0.39 is 0 Å². The smallest absolute Gasteiger partial charge is 0.235 e. The molecule has 11 aromatic carbocycles. The number of nitrogens with zero attached hydrogens (tertiary/aromatic N) is 6. The number of aromatic nitrogens is 6. The van der Waals surface area contributed by atoms with Crippen LogP contribution in [0.3, 0.4) is 0 Å². The molecule has 6 heteroatoms. The van der Waals surface area contributed by atoms with Gasteiger partial charge in [-0.25, -0.2) is 19.9 Å². The number of hydrogen-bond donors (Lipinski definition) is 0. The number of benzene rings is 11. The predicted molar refractivity (Wildman–Crippen MR) is 320 cm³/mol. The Labute approximate surface area is 443 Å². The molecule has 4 aromatic heterocycles. The highest BCUT2D eigenvalue weighted by Gasteiger charge is 2.39. The van der Waals surface area contributed by atoms with Crippen LogP contribution in [0.25, 0.3) is 144 Å². The molecule has 0 amide bonds. The van der Waals surface area contributed by atoms with Gasteiger partial charge >= 0.3 is 0 Å². The zero-order valence-corrected chi connectivity index (χ0v) is 42.3. The van der Waals surface area contributed by atoms with Crippen LogP contribution in [0.1, 0.15) is 30.7 Å². The average Bonchev–Trinajstić information content (AvgIpc) is 4.34. The Hall–Kier alpha value is -10.0. The lowest BCUT2D eigenvalue weighted by Gasteiger charge is -2.27. The largest absolute Gasteiger partial charge is 0.278 e. The van der Waals surface area contributed by atoms with Gasteiger partial charge in [-0.3, -0.25) is 9.13 Å². The molecule has 6 nitrogen and oxygen atoms in total. The lowest BCUT2D eigenvalue weighted by molar-refractivity contribution is 0.696. The molecule has 0 unspecified atom stereocenters. The van der Waals surface area contributed by atoms with Crippen molar-refractivity contribution >= 4 is 98.5 Å². The fraction of sp³-hybridized carbons (Fsp3) is 0.0423. The van der Waals surface area contributed by atoms with Crippen LogP contribution >= 0.6 is 0 Å². The van der Waals surface area contributed by atoms with Gasteiger partial charge in [-0.1, -0.05) is 208 Å². The van der Waals surface area contributed by atoms with E-state index in [-0.39, 0.29) is 5.41 Å². The summed E-state index contributed by atoms with van der Waals surface area (Å²) in [4.78, 5) is 22.2. The Morgan fingerprint density at radius 3 is 1.34 bits per heavy atom. The van der Waals surface area contributed by atoms with Gasteiger partial charge in [-0.15, -0.1) is 0 Å². The van der Waals surface area contributed by atoms with Crippen molar-refractivity contribution in [1.29, 1.82) is 0 Å². The van der Waals surface area contributed by atoms with Gasteiger partial charge in [-0.05, 0) is 97.7 Å². The standard InChI is InChI=1S/C71H46N6/c1-71(2)57(46-21-6-3-7-22-46)42-58-65(71)67(48-25-10-5-11-26-48)74-69(72-58)76-59-36-33-49(40-55(59)63-51-27-15-12-18-43(51)31-38-61(63)76)50-34-37-60-56(41-50)64-52-28-16-13-19-44(52)32-39-62(64)77(60)70-73-66(47-23-8-4-9-24-47)54-35-30-45-20-14-17-29-53(45)68(54)75-70/h3-42H,1-2H3. The molecule has 1 aliphatic rings. The predicted octanol–water partition coefficient (Wildman–Crippen LogP) is 17.9. The molecule has 0 fully saturated rings. The van der Waals surface area contributed by atoms with Gasteiger partial charge in [0.2, 0.25) is 11.9 Å². The van der Waals surface area contributed by atoms with E-state index in [0.29, 0.717) is 11.9 Å². The van der Waals surface area contributed by atoms with Gasteiger partial charge in [0, 0.05) is 54.4 Å². The van der Waals surface area contributed by atoms with Gasteiger partial charge < -0.3 is 0 Å². The van der Waals surface area contributed by atoms with Gasteiger partial charge in [0.15, 0.2) is 0 Å². The highest BCUT2D eigenvalue weighted by molar-refractivity contribution is 6.24. The van der Waals surface area contributed by atoms with Crippen molar-refractivity contribution < 1.29 is 0 Å². The van der Waals surface area contributed by atoms with Crippen LogP contribution in [0, 0.1) is 0 Å². The fourth-order valence-electron chi connectivity index (χ4n) is 12.7. The molecule has 360 valence electrons. The molecule has 16 rings (SSSR count). The molecule has 0 saturated heterocycles. The average molecular weight is 983 g/mol. The van der Waals surface area contributed by atoms with Gasteiger partial charge in [-0.2, -0.15) is 0 Å². The first-order valence-electron chi connectivity index (χ1n) is 26.4. The summed E-state index contributed by atoms with van der Waals surface area (Å²) in [6.45, 7) is 4.61. The zero-order valence-electron chi connectivity index (χ0n) is 42.3. The summed E-state index contributed by atoms with van der Waals surface area (Å²) in [5, 5.41) is 12.6. The van der Waals surface area contributed by atoms with Crippen LogP contribution in [0.5, 0.6) is 0 Å². The molecule has 0 radical (unpaired) electrons. The van der Waals surface area contributed by atoms with E-state index >= 15 is 0 Å². The van der Waals surface area contributed by atoms with Crippen LogP contribution in [-0.4, -0.2) is 29.1 Å². The van der Waals surface area contributed by atoms with Crippen LogP contribution in [-0.2, 0) is 5.41 Å². The van der Waals surface area contributed by atoms with Crippen LogP contribution in [0.15, 0.2) is 237 Å². The molecule has 0 aliphatic heterocycles. The van der Waals surface area contributed by atoms with Crippen molar-refractivity contribution in [2.75, 3.05) is 0 Å². The maximum Gasteiger partial charge on any atom is 0.235 e. The number of fused-ring (bicyclic) bond motifs is 14. The normalized spacial score (nSPS) is 13.2. The molecule has 0 bridgehead atoms. The van der Waals surface area contributed by atoms with Crippen molar-refractivity contribution in [3.63, 3.8) is 0 Å². The third kappa shape index (κ3) is 6.49. The first-order valence-corrected chi connectivity index (χ1v) is 26.4. The molecule has 1 aliphatic carbocycles. The van der Waals surface area contributed by atoms with Crippen molar-refractivity contribution in [2.24, 2.45) is 0 Å². The maximum atomic E-state index is 5.62. The minimum absolute atomic E-state index is 0.339. The first kappa shape index (κ1) is 43.4. The highest BCUT2D eigenvalue weighted by atomic mass is 15.2. The minimum atomic E-state index is -0.339. The van der Waals surface area contributed by atoms with Gasteiger partial charge in [0.05, 0.1) is 44.7 Å². The lowest BCUT2D eigenvalue weighted by atomic mass is 9.77. The zero-order chi connectivity index (χ0) is 50.9. The van der Waals surface area contributed by atoms with E-state index in [4.69, 9.17) is 19.9 Å². The summed E-state index contributed by atoms with van der Waals surface area (Å²) in [7, 11) is 0. The molecule has 0 N–H and O–H groups in total. The third-order valence-corrected chi connectivity index (χ3v) is 16.3. The van der Waals surface area contributed by atoms with Crippen LogP contribution < -0.4 is 0 Å². The monoisotopic (exact) mass is 982 g/mol. The van der Waals surface area contributed by atoms with Crippen LogP contribution in [0.4, 0.5) is 0 Å². The van der Waals surface area contributed by atoms with Crippen LogP contribution in [0.2, 0.25) is 0 Å². The molecule has 4 heterocycles. The second-order valence-corrected chi connectivity index (χ2v) is 21.0. The minimum Gasteiger partial charge on any atom is -0.278 e. The Morgan fingerprint density at radius 2 is 0.766 bits per heavy atom. The first-order chi connectivity index (χ1) is 37.9. The van der Waals surface area contributed by atoms with E-state index in [9.17, 15) is 0 Å². The quantitative estimate of drug-likeness (QED) is 0.156. The number of hydrogen-bond acceptors (Lipinski definition) is 4. The Balaban J connectivity index is 0.934. The summed E-state index contributed by atoms with van der Waals surface area (Å²) >= 11 is 0. The molecule has 77 heavy (non-hydrogen) atoms. The summed E-state index contributed by atoms with van der Waals surface area (Å²) < 4.78 is 4.56. The fourth-order valence-corrected chi connectivity index (χ4v) is 12.7. The SMILES string of the molecule is CC1(C)C(c2ccccc2)=Cc2nc(-n3c4ccc(-c5ccc6c(c5)c5c7ccccc7ccc5n6-c5nc(-c6ccccc6)c6ccc7ccccc7c6n5)cc4c4c5ccccc5ccc43)nc(-c3ccccc3)c21. The second-order valence-electron chi connectivity index (χ2n) is 21.0. The van der Waals surface area contributed by atoms with Crippen molar-refractivity contribution in [2.45, 2.75) is 19.3 Å². The van der Waals surface area contributed by atoms with Gasteiger partial charge in [0.25, 0.3) is 0 Å². The summed E-state index contributed by atoms with van der Waals surface area (Å²) in [6, 6.07) is 84.9. The van der Waals surface area contributed by atoms with E-state index in [1.807, 2.05) is 0 Å². The van der Waals surface area contributed by atoms with E-state index in [2.05, 4.69) is 266 Å². The number of allylic oxidation sites excluding steroid dienone is 1. The summed E-state index contributed by atoms with van der Waals surface area (Å²) in [6.07, 6.45) is 2.29. The third-order valence-electron chi connectivity index (χ3n) is 16.3. The molecular formula is C71H46N6.